The Bertz CT molecular complexity index is 1130. The summed E-state index contributed by atoms with van der Waals surface area (Å²) >= 11 is 0. The zero-order valence-electron chi connectivity index (χ0n) is 18.7. The monoisotopic (exact) mass is 463 g/mol. The molecule has 1 amide bonds. The van der Waals surface area contributed by atoms with Crippen LogP contribution in [-0.4, -0.2) is 30.2 Å². The molecule has 8 nitrogen and oxygen atoms in total. The Hall–Kier alpha value is -4.20. The van der Waals surface area contributed by atoms with E-state index in [1.165, 1.54) is 36.6 Å². The van der Waals surface area contributed by atoms with Crippen LogP contribution >= 0.6 is 0 Å². The number of rotatable bonds is 11. The van der Waals surface area contributed by atoms with Crippen molar-refractivity contribution in [1.29, 1.82) is 0 Å². The van der Waals surface area contributed by atoms with Crippen molar-refractivity contribution in [3.8, 4) is 5.75 Å². The molecule has 0 atom stereocenters. The van der Waals surface area contributed by atoms with Crippen LogP contribution in [0.25, 0.3) is 0 Å². The minimum Gasteiger partial charge on any atom is -0.457 e. The second-order valence-electron chi connectivity index (χ2n) is 7.39. The smallest absolute Gasteiger partial charge is 0.379 e. The Labute approximate surface area is 196 Å². The van der Waals surface area contributed by atoms with Gasteiger partial charge in [-0.2, -0.15) is 0 Å². The fraction of sp³-hybridized carbons (Fsp3) is 0.231. The second-order valence-corrected chi connectivity index (χ2v) is 7.39. The summed E-state index contributed by atoms with van der Waals surface area (Å²) in [6.45, 7) is 1.59. The number of furan rings is 1. The zero-order valence-corrected chi connectivity index (χ0v) is 18.7. The van der Waals surface area contributed by atoms with E-state index in [-0.39, 0.29) is 30.3 Å². The number of anilines is 1. The number of para-hydroxylation sites is 1. The Kier molecular flexibility index (Phi) is 8.73. The van der Waals surface area contributed by atoms with E-state index < -0.39 is 24.3 Å². The van der Waals surface area contributed by atoms with E-state index in [4.69, 9.17) is 13.9 Å². The highest BCUT2D eigenvalue weighted by Crippen LogP contribution is 2.17. The minimum atomic E-state index is -0.652. The highest BCUT2D eigenvalue weighted by molar-refractivity contribution is 5.98. The lowest BCUT2D eigenvalue weighted by atomic mass is 10.1. The summed E-state index contributed by atoms with van der Waals surface area (Å²) in [5.41, 5.74) is 2.11. The van der Waals surface area contributed by atoms with Gasteiger partial charge in [0.15, 0.2) is 12.4 Å². The van der Waals surface area contributed by atoms with Gasteiger partial charge in [0.05, 0.1) is 6.26 Å². The number of carbonyl (C=O) groups excluding carboxylic acids is 4. The lowest BCUT2D eigenvalue weighted by Crippen LogP contribution is -2.16. The number of esters is 2. The van der Waals surface area contributed by atoms with Gasteiger partial charge in [0.2, 0.25) is 11.7 Å². The molecule has 1 heterocycles. The van der Waals surface area contributed by atoms with Crippen LogP contribution in [0.4, 0.5) is 5.69 Å². The first-order valence-corrected chi connectivity index (χ1v) is 10.9. The number of benzene rings is 2. The molecule has 0 fully saturated rings. The van der Waals surface area contributed by atoms with Gasteiger partial charge >= 0.3 is 11.9 Å². The maximum absolute atomic E-state index is 12.3. The van der Waals surface area contributed by atoms with Crippen LogP contribution < -0.4 is 10.1 Å². The molecule has 0 saturated heterocycles. The summed E-state index contributed by atoms with van der Waals surface area (Å²) < 4.78 is 15.1. The van der Waals surface area contributed by atoms with E-state index in [2.05, 4.69) is 5.32 Å². The van der Waals surface area contributed by atoms with Gasteiger partial charge in [-0.25, -0.2) is 4.79 Å². The SMILES string of the molecule is CCc1ccccc1NC(=O)CCCC(=O)OCC(=O)c1ccc(OC(=O)c2ccco2)cc1. The molecule has 34 heavy (non-hydrogen) atoms. The number of hydrogen-bond donors (Lipinski definition) is 1. The Morgan fingerprint density at radius 2 is 1.68 bits per heavy atom. The lowest BCUT2D eigenvalue weighted by Gasteiger charge is -2.09. The van der Waals surface area contributed by atoms with Gasteiger partial charge in [0, 0.05) is 24.1 Å². The highest BCUT2D eigenvalue weighted by Gasteiger charge is 2.14. The van der Waals surface area contributed by atoms with Crippen molar-refractivity contribution in [2.45, 2.75) is 32.6 Å². The molecule has 0 aliphatic carbocycles. The molecule has 0 spiro atoms. The molecule has 0 aliphatic rings. The Balaban J connectivity index is 1.37. The minimum absolute atomic E-state index is 0.0256. The summed E-state index contributed by atoms with van der Waals surface area (Å²) in [5.74, 6) is -1.48. The number of ether oxygens (including phenoxy) is 2. The van der Waals surface area contributed by atoms with Crippen molar-refractivity contribution in [3.05, 3.63) is 83.8 Å². The molecule has 0 bridgehead atoms. The number of nitrogens with one attached hydrogen (secondary N) is 1. The predicted octanol–water partition coefficient (Wildman–Crippen LogP) is 4.60. The van der Waals surface area contributed by atoms with E-state index in [0.29, 0.717) is 12.0 Å². The normalized spacial score (nSPS) is 10.4. The van der Waals surface area contributed by atoms with E-state index in [9.17, 15) is 19.2 Å². The van der Waals surface area contributed by atoms with Crippen molar-refractivity contribution in [2.75, 3.05) is 11.9 Å². The van der Waals surface area contributed by atoms with Crippen LogP contribution in [0.15, 0.2) is 71.3 Å². The van der Waals surface area contributed by atoms with Gasteiger partial charge in [0.25, 0.3) is 0 Å². The van der Waals surface area contributed by atoms with Gasteiger partial charge in [-0.3, -0.25) is 14.4 Å². The molecule has 1 N–H and O–H groups in total. The summed E-state index contributed by atoms with van der Waals surface area (Å²) in [6.07, 6.45) is 2.66. The van der Waals surface area contributed by atoms with Crippen molar-refractivity contribution in [3.63, 3.8) is 0 Å². The second kappa shape index (κ2) is 12.2. The number of carbonyl (C=O) groups is 4. The molecular formula is C26H25NO7. The van der Waals surface area contributed by atoms with Gasteiger partial charge in [-0.1, -0.05) is 25.1 Å². The molecule has 8 heteroatoms. The molecule has 3 rings (SSSR count). The molecule has 2 aromatic carbocycles. The van der Waals surface area contributed by atoms with Crippen molar-refractivity contribution in [1.82, 2.24) is 0 Å². The van der Waals surface area contributed by atoms with Gasteiger partial charge in [0.1, 0.15) is 5.75 Å². The number of hydrogen-bond acceptors (Lipinski definition) is 7. The number of ketones is 1. The zero-order chi connectivity index (χ0) is 24.3. The fourth-order valence-corrected chi connectivity index (χ4v) is 3.12. The topological polar surface area (TPSA) is 112 Å². The largest absolute Gasteiger partial charge is 0.457 e. The predicted molar refractivity (Wildman–Crippen MR) is 124 cm³/mol. The average Bonchev–Trinajstić information content (AvgIpc) is 3.39. The van der Waals surface area contributed by atoms with Crippen molar-refractivity contribution in [2.24, 2.45) is 0 Å². The van der Waals surface area contributed by atoms with Crippen LogP contribution in [0.2, 0.25) is 0 Å². The summed E-state index contributed by atoms with van der Waals surface area (Å²) in [7, 11) is 0. The van der Waals surface area contributed by atoms with E-state index >= 15 is 0 Å². The summed E-state index contributed by atoms with van der Waals surface area (Å²) in [6, 6.07) is 16.5. The first-order chi connectivity index (χ1) is 16.5. The summed E-state index contributed by atoms with van der Waals surface area (Å²) in [5, 5.41) is 2.85. The third kappa shape index (κ3) is 7.16. The van der Waals surface area contributed by atoms with Crippen LogP contribution in [0.1, 0.15) is 52.7 Å². The van der Waals surface area contributed by atoms with Gasteiger partial charge in [-0.05, 0) is 60.9 Å². The standard InChI is InChI=1S/C26H25NO7/c1-2-18-7-3-4-8-21(18)27-24(29)10-5-11-25(30)33-17-22(28)19-12-14-20(15-13-19)34-26(31)23-9-6-16-32-23/h3-4,6-9,12-16H,2,5,10-11,17H2,1H3,(H,27,29). The highest BCUT2D eigenvalue weighted by atomic mass is 16.5. The van der Waals surface area contributed by atoms with Crippen molar-refractivity contribution < 1.29 is 33.1 Å². The maximum atomic E-state index is 12.3. The molecule has 0 radical (unpaired) electrons. The third-order valence-corrected chi connectivity index (χ3v) is 4.93. The quantitative estimate of drug-likeness (QED) is 0.251. The Morgan fingerprint density at radius 3 is 2.38 bits per heavy atom. The van der Waals surface area contributed by atoms with Crippen molar-refractivity contribution >= 4 is 29.3 Å². The lowest BCUT2D eigenvalue weighted by molar-refractivity contribution is -0.142. The first-order valence-electron chi connectivity index (χ1n) is 10.9. The van der Waals surface area contributed by atoms with E-state index in [1.807, 2.05) is 31.2 Å². The molecule has 0 aliphatic heterocycles. The summed E-state index contributed by atoms with van der Waals surface area (Å²) in [4.78, 5) is 48.2. The number of aryl methyl sites for hydroxylation is 1. The molecule has 0 unspecified atom stereocenters. The molecule has 1 aromatic heterocycles. The van der Waals surface area contributed by atoms with Gasteiger partial charge in [-0.15, -0.1) is 0 Å². The first kappa shape index (κ1) is 24.4. The van der Waals surface area contributed by atoms with Gasteiger partial charge < -0.3 is 19.2 Å². The number of Topliss-reactive ketones (excluding diaryl/α,β-unsaturated/α-hetero) is 1. The third-order valence-electron chi connectivity index (χ3n) is 4.93. The molecule has 0 saturated carbocycles. The average molecular weight is 463 g/mol. The van der Waals surface area contributed by atoms with Crippen LogP contribution in [0.3, 0.4) is 0 Å². The van der Waals surface area contributed by atoms with E-state index in [1.54, 1.807) is 6.07 Å². The number of amides is 1. The molecule has 176 valence electrons. The molecule has 3 aromatic rings. The van der Waals surface area contributed by atoms with Crippen LogP contribution in [0.5, 0.6) is 5.75 Å². The fourth-order valence-electron chi connectivity index (χ4n) is 3.12. The van der Waals surface area contributed by atoms with Crippen LogP contribution in [0, 0.1) is 0 Å². The maximum Gasteiger partial charge on any atom is 0.379 e. The molecular weight excluding hydrogens is 438 g/mol. The Morgan fingerprint density at radius 1 is 0.912 bits per heavy atom. The van der Waals surface area contributed by atoms with Crippen LogP contribution in [-0.2, 0) is 20.7 Å². The van der Waals surface area contributed by atoms with E-state index in [0.717, 1.165) is 17.7 Å².